The molecule has 2 heterocycles. The lowest BCUT2D eigenvalue weighted by molar-refractivity contribution is 0.0506. The van der Waals surface area contributed by atoms with E-state index in [1.54, 1.807) is 0 Å². The second kappa shape index (κ2) is 8.76. The minimum Gasteiger partial charge on any atom is -0.376 e. The Morgan fingerprint density at radius 1 is 1.32 bits per heavy atom. The van der Waals surface area contributed by atoms with Crippen LogP contribution in [0.5, 0.6) is 0 Å². The Labute approximate surface area is 175 Å². The highest BCUT2D eigenvalue weighted by Gasteiger charge is 2.26. The molecule has 1 amide bonds. The summed E-state index contributed by atoms with van der Waals surface area (Å²) >= 11 is 3.68. The van der Waals surface area contributed by atoms with Crippen molar-refractivity contribution < 1.29 is 9.53 Å². The number of ether oxygens (including phenoxy) is 1. The molecule has 0 aromatic heterocycles. The number of carbonyl (C=O) groups is 1. The van der Waals surface area contributed by atoms with Crippen molar-refractivity contribution in [3.05, 3.63) is 68.7 Å². The van der Waals surface area contributed by atoms with E-state index in [0.717, 1.165) is 54.6 Å². The number of nitrogens with zero attached hydrogens (tertiary/aromatic N) is 1. The zero-order valence-corrected chi connectivity index (χ0v) is 17.9. The lowest BCUT2D eigenvalue weighted by atomic mass is 9.94. The number of fused-ring (bicyclic) bond motifs is 1. The van der Waals surface area contributed by atoms with Gasteiger partial charge in [0.05, 0.1) is 6.10 Å². The van der Waals surface area contributed by atoms with Crippen molar-refractivity contribution in [1.29, 1.82) is 0 Å². The van der Waals surface area contributed by atoms with Crippen LogP contribution >= 0.6 is 15.9 Å². The molecule has 0 radical (unpaired) electrons. The molecule has 0 saturated carbocycles. The molecule has 4 rings (SSSR count). The number of rotatable bonds is 5. The summed E-state index contributed by atoms with van der Waals surface area (Å²) < 4.78 is 6.91. The second-order valence-electron chi connectivity index (χ2n) is 7.79. The van der Waals surface area contributed by atoms with E-state index >= 15 is 0 Å². The molecule has 4 nitrogen and oxygen atoms in total. The quantitative estimate of drug-likeness (QED) is 0.753. The number of halogens is 1. The summed E-state index contributed by atoms with van der Waals surface area (Å²) in [6.45, 7) is 5.86. The summed E-state index contributed by atoms with van der Waals surface area (Å²) in [6, 6.07) is 12.4. The SMILES string of the molecule is Cc1ccc(CN(CC2CCCO2)C(=O)c2cccc3c2CCNC3)c(Br)c1. The summed E-state index contributed by atoms with van der Waals surface area (Å²) in [5, 5.41) is 3.40. The van der Waals surface area contributed by atoms with Gasteiger partial charge < -0.3 is 15.0 Å². The first-order valence-electron chi connectivity index (χ1n) is 10.1. The van der Waals surface area contributed by atoms with Gasteiger partial charge in [-0.05, 0) is 67.1 Å². The number of benzene rings is 2. The monoisotopic (exact) mass is 442 g/mol. The summed E-state index contributed by atoms with van der Waals surface area (Å²) in [4.78, 5) is 15.6. The smallest absolute Gasteiger partial charge is 0.254 e. The van der Waals surface area contributed by atoms with Gasteiger partial charge in [-0.1, -0.05) is 40.2 Å². The average molecular weight is 443 g/mol. The standard InChI is InChI=1S/C23H27BrN2O2/c1-16-7-8-18(22(24)12-16)14-26(15-19-5-3-11-28-19)23(27)21-6-2-4-17-13-25-10-9-20(17)21/h2,4,6-8,12,19,25H,3,5,9-11,13-15H2,1H3. The highest BCUT2D eigenvalue weighted by molar-refractivity contribution is 9.10. The van der Waals surface area contributed by atoms with Crippen LogP contribution in [0.1, 0.15) is 45.5 Å². The number of hydrogen-bond donors (Lipinski definition) is 1. The maximum absolute atomic E-state index is 13.6. The Balaban J connectivity index is 1.63. The summed E-state index contributed by atoms with van der Waals surface area (Å²) in [5.41, 5.74) is 5.62. The Kier molecular flexibility index (Phi) is 6.14. The third-order valence-corrected chi connectivity index (χ3v) is 6.41. The van der Waals surface area contributed by atoms with Gasteiger partial charge in [0.1, 0.15) is 0 Å². The third kappa shape index (κ3) is 4.32. The maximum atomic E-state index is 13.6. The van der Waals surface area contributed by atoms with Gasteiger partial charge in [-0.2, -0.15) is 0 Å². The normalized spacial score (nSPS) is 18.7. The first-order valence-corrected chi connectivity index (χ1v) is 10.9. The fourth-order valence-corrected chi connectivity index (χ4v) is 4.76. The molecule has 1 atom stereocenters. The molecule has 0 spiro atoms. The molecule has 5 heteroatoms. The second-order valence-corrected chi connectivity index (χ2v) is 8.64. The molecule has 1 N–H and O–H groups in total. The van der Waals surface area contributed by atoms with Gasteiger partial charge in [-0.3, -0.25) is 4.79 Å². The van der Waals surface area contributed by atoms with Crippen LogP contribution in [0.15, 0.2) is 40.9 Å². The van der Waals surface area contributed by atoms with Crippen LogP contribution in [-0.4, -0.2) is 36.6 Å². The molecule has 2 aromatic carbocycles. The zero-order valence-electron chi connectivity index (χ0n) is 16.3. The maximum Gasteiger partial charge on any atom is 0.254 e. The number of hydrogen-bond acceptors (Lipinski definition) is 3. The first kappa shape index (κ1) is 19.6. The third-order valence-electron chi connectivity index (χ3n) is 5.68. The molecule has 1 saturated heterocycles. The average Bonchev–Trinajstić information content (AvgIpc) is 3.21. The Bertz CT molecular complexity index is 862. The van der Waals surface area contributed by atoms with Crippen LogP contribution < -0.4 is 5.32 Å². The van der Waals surface area contributed by atoms with Gasteiger partial charge in [-0.25, -0.2) is 0 Å². The van der Waals surface area contributed by atoms with Crippen molar-refractivity contribution in [2.24, 2.45) is 0 Å². The number of carbonyl (C=O) groups excluding carboxylic acids is 1. The van der Waals surface area contributed by atoms with Crippen LogP contribution in [0.25, 0.3) is 0 Å². The highest BCUT2D eigenvalue weighted by Crippen LogP contribution is 2.25. The Morgan fingerprint density at radius 2 is 2.21 bits per heavy atom. The van der Waals surface area contributed by atoms with Gasteiger partial charge in [0.25, 0.3) is 5.91 Å². The van der Waals surface area contributed by atoms with Crippen molar-refractivity contribution in [1.82, 2.24) is 10.2 Å². The largest absolute Gasteiger partial charge is 0.376 e. The molecule has 148 valence electrons. The minimum atomic E-state index is 0.113. The lowest BCUT2D eigenvalue weighted by Gasteiger charge is -2.28. The number of amides is 1. The van der Waals surface area contributed by atoms with Crippen molar-refractivity contribution in [3.63, 3.8) is 0 Å². The van der Waals surface area contributed by atoms with Gasteiger partial charge >= 0.3 is 0 Å². The minimum absolute atomic E-state index is 0.113. The predicted octanol–water partition coefficient (Wildman–Crippen LogP) is 4.22. The molecule has 2 aliphatic heterocycles. The molecule has 1 unspecified atom stereocenters. The van der Waals surface area contributed by atoms with E-state index in [1.807, 2.05) is 17.0 Å². The first-order chi connectivity index (χ1) is 13.6. The van der Waals surface area contributed by atoms with Crippen LogP contribution in [0.4, 0.5) is 0 Å². The number of aryl methyl sites for hydroxylation is 1. The predicted molar refractivity (Wildman–Crippen MR) is 114 cm³/mol. The molecule has 1 fully saturated rings. The fraction of sp³-hybridized carbons (Fsp3) is 0.435. The molecule has 0 aliphatic carbocycles. The Morgan fingerprint density at radius 3 is 3.00 bits per heavy atom. The van der Waals surface area contributed by atoms with Crippen LogP contribution in [0, 0.1) is 6.92 Å². The topological polar surface area (TPSA) is 41.6 Å². The van der Waals surface area contributed by atoms with Crippen molar-refractivity contribution in [2.75, 3.05) is 19.7 Å². The molecular weight excluding hydrogens is 416 g/mol. The van der Waals surface area contributed by atoms with E-state index in [1.165, 1.54) is 16.7 Å². The molecule has 2 aliphatic rings. The van der Waals surface area contributed by atoms with Crippen LogP contribution in [0.2, 0.25) is 0 Å². The summed E-state index contributed by atoms with van der Waals surface area (Å²) in [7, 11) is 0. The van der Waals surface area contributed by atoms with E-state index in [0.29, 0.717) is 13.1 Å². The van der Waals surface area contributed by atoms with Crippen molar-refractivity contribution in [3.8, 4) is 0 Å². The lowest BCUT2D eigenvalue weighted by Crippen LogP contribution is -2.38. The van der Waals surface area contributed by atoms with Gasteiger partial charge in [0, 0.05) is 36.3 Å². The summed E-state index contributed by atoms with van der Waals surface area (Å²) in [5.74, 6) is 0.113. The van der Waals surface area contributed by atoms with E-state index in [4.69, 9.17) is 4.74 Å². The van der Waals surface area contributed by atoms with E-state index in [9.17, 15) is 4.79 Å². The summed E-state index contributed by atoms with van der Waals surface area (Å²) in [6.07, 6.45) is 3.14. The van der Waals surface area contributed by atoms with Gasteiger partial charge in [0.2, 0.25) is 0 Å². The van der Waals surface area contributed by atoms with Crippen molar-refractivity contribution in [2.45, 2.75) is 45.4 Å². The Hall–Kier alpha value is -1.69. The van der Waals surface area contributed by atoms with E-state index in [-0.39, 0.29) is 12.0 Å². The zero-order chi connectivity index (χ0) is 19.5. The molecule has 0 bridgehead atoms. The van der Waals surface area contributed by atoms with E-state index < -0.39 is 0 Å². The molecule has 28 heavy (non-hydrogen) atoms. The van der Waals surface area contributed by atoms with Crippen LogP contribution in [0.3, 0.4) is 0 Å². The highest BCUT2D eigenvalue weighted by atomic mass is 79.9. The van der Waals surface area contributed by atoms with Gasteiger partial charge in [-0.15, -0.1) is 0 Å². The van der Waals surface area contributed by atoms with Crippen molar-refractivity contribution >= 4 is 21.8 Å². The fourth-order valence-electron chi connectivity index (χ4n) is 4.14. The molecular formula is C23H27BrN2O2. The van der Waals surface area contributed by atoms with E-state index in [2.05, 4.69) is 52.4 Å². The number of nitrogens with one attached hydrogen (secondary N) is 1. The molecule has 2 aromatic rings. The van der Waals surface area contributed by atoms with Gasteiger partial charge in [0.15, 0.2) is 0 Å². The van der Waals surface area contributed by atoms with Crippen LogP contribution in [-0.2, 0) is 24.2 Å².